The van der Waals surface area contributed by atoms with Gasteiger partial charge in [-0.3, -0.25) is 4.79 Å². The fraction of sp³-hybridized carbons (Fsp3) is 0.300. The number of ketones is 1. The number of Topliss-reactive ketones (excluding diaryl/α,β-unsaturated/α-hetero) is 1. The van der Waals surface area contributed by atoms with Crippen molar-refractivity contribution < 1.29 is 9.59 Å². The van der Waals surface area contributed by atoms with Crippen molar-refractivity contribution >= 4 is 29.1 Å². The summed E-state index contributed by atoms with van der Waals surface area (Å²) in [5, 5.41) is 0. The first-order chi connectivity index (χ1) is 12.4. The number of carbonyl (C=O) groups excluding carboxylic acids is 2. The summed E-state index contributed by atoms with van der Waals surface area (Å²) in [6.07, 6.45) is 4.24. The van der Waals surface area contributed by atoms with E-state index >= 15 is 0 Å². The average molecular weight is 348 g/mol. The molecule has 1 unspecified atom stereocenters. The summed E-state index contributed by atoms with van der Waals surface area (Å²) in [6, 6.07) is 7.48. The first kappa shape index (κ1) is 16.4. The Morgan fingerprint density at radius 3 is 2.81 bits per heavy atom. The summed E-state index contributed by atoms with van der Waals surface area (Å²) < 4.78 is 0. The Kier molecular flexibility index (Phi) is 3.64. The van der Waals surface area contributed by atoms with Crippen LogP contribution in [0.25, 0.3) is 11.2 Å². The lowest BCUT2D eigenvalue weighted by Gasteiger charge is -2.22. The summed E-state index contributed by atoms with van der Waals surface area (Å²) in [7, 11) is 0. The number of aromatic nitrogens is 3. The third-order valence-corrected chi connectivity index (χ3v) is 4.77. The van der Waals surface area contributed by atoms with Gasteiger partial charge >= 0.3 is 0 Å². The number of hydrogen-bond donors (Lipinski definition) is 1. The van der Waals surface area contributed by atoms with Crippen molar-refractivity contribution in [2.24, 2.45) is 5.41 Å². The molecule has 132 valence electrons. The number of nitrogens with one attached hydrogen (secondary N) is 1. The summed E-state index contributed by atoms with van der Waals surface area (Å²) in [5.74, 6) is 0.597. The Bertz CT molecular complexity index is 1020. The number of rotatable bonds is 3. The van der Waals surface area contributed by atoms with Crippen LogP contribution in [-0.4, -0.2) is 27.0 Å². The molecule has 0 saturated heterocycles. The third kappa shape index (κ3) is 2.49. The second-order valence-electron chi connectivity index (χ2n) is 7.61. The lowest BCUT2D eigenvalue weighted by molar-refractivity contribution is -0.109. The zero-order chi connectivity index (χ0) is 18.5. The van der Waals surface area contributed by atoms with Gasteiger partial charge < -0.3 is 14.7 Å². The number of H-pyrrole nitrogens is 1. The number of aromatic amines is 1. The fourth-order valence-corrected chi connectivity index (χ4v) is 3.38. The molecule has 0 radical (unpaired) electrons. The first-order valence-corrected chi connectivity index (χ1v) is 8.59. The van der Waals surface area contributed by atoms with E-state index in [1.54, 1.807) is 12.4 Å². The van der Waals surface area contributed by atoms with Crippen LogP contribution in [0.5, 0.6) is 0 Å². The second-order valence-corrected chi connectivity index (χ2v) is 7.61. The molecular formula is C20H20N4O2. The standard InChI is InChI=1S/C20H20N4O2/c1-20(2,3)18(26)14-8-21-19-17(14)23-16(9-22-19)24-10-12-6-4-5-7-13(12)15(24)11-25/h4-9,11,15H,10H2,1-3H3,(H,21,22). The summed E-state index contributed by atoms with van der Waals surface area (Å²) in [5.41, 5.74) is 3.23. The highest BCUT2D eigenvalue weighted by Gasteiger charge is 2.32. The van der Waals surface area contributed by atoms with Crippen LogP contribution in [-0.2, 0) is 11.3 Å². The molecule has 1 atom stereocenters. The SMILES string of the molecule is CC(C)(C)C(=O)c1c[nH]c2ncc(N3Cc4ccccc4C3C=O)nc12. The van der Waals surface area contributed by atoms with Gasteiger partial charge in [0.25, 0.3) is 0 Å². The Labute approximate surface area is 151 Å². The number of hydrogen-bond acceptors (Lipinski definition) is 5. The normalized spacial score (nSPS) is 16.7. The molecule has 1 aromatic carbocycles. The molecule has 0 saturated carbocycles. The molecule has 0 spiro atoms. The number of nitrogens with zero attached hydrogens (tertiary/aromatic N) is 3. The van der Waals surface area contributed by atoms with Gasteiger partial charge in [0, 0.05) is 18.2 Å². The minimum Gasteiger partial charge on any atom is -0.344 e. The van der Waals surface area contributed by atoms with Crippen molar-refractivity contribution in [1.82, 2.24) is 15.0 Å². The second kappa shape index (κ2) is 5.76. The average Bonchev–Trinajstić information content (AvgIpc) is 3.20. The zero-order valence-corrected chi connectivity index (χ0v) is 15.0. The maximum Gasteiger partial charge on any atom is 0.171 e. The zero-order valence-electron chi connectivity index (χ0n) is 15.0. The molecule has 3 heterocycles. The van der Waals surface area contributed by atoms with Crippen molar-refractivity contribution in [3.05, 3.63) is 53.3 Å². The van der Waals surface area contributed by atoms with Crippen LogP contribution >= 0.6 is 0 Å². The van der Waals surface area contributed by atoms with Gasteiger partial charge in [0.1, 0.15) is 23.7 Å². The molecule has 1 aliphatic rings. The Morgan fingerprint density at radius 2 is 2.08 bits per heavy atom. The number of anilines is 1. The highest BCUT2D eigenvalue weighted by molar-refractivity contribution is 6.08. The molecular weight excluding hydrogens is 328 g/mol. The van der Waals surface area contributed by atoms with Gasteiger partial charge in [-0.05, 0) is 11.1 Å². The van der Waals surface area contributed by atoms with Crippen LogP contribution in [0.3, 0.4) is 0 Å². The molecule has 6 nitrogen and oxygen atoms in total. The van der Waals surface area contributed by atoms with E-state index < -0.39 is 11.5 Å². The molecule has 2 aromatic heterocycles. The van der Waals surface area contributed by atoms with Crippen molar-refractivity contribution in [3.8, 4) is 0 Å². The smallest absolute Gasteiger partial charge is 0.171 e. The summed E-state index contributed by atoms with van der Waals surface area (Å²) >= 11 is 0. The van der Waals surface area contributed by atoms with Crippen LogP contribution in [0.4, 0.5) is 5.82 Å². The molecule has 0 aliphatic carbocycles. The van der Waals surface area contributed by atoms with Gasteiger partial charge in [-0.25, -0.2) is 9.97 Å². The number of aldehydes is 1. The Balaban J connectivity index is 1.79. The van der Waals surface area contributed by atoms with E-state index in [4.69, 9.17) is 0 Å². The van der Waals surface area contributed by atoms with Crippen LogP contribution < -0.4 is 4.90 Å². The van der Waals surface area contributed by atoms with Gasteiger partial charge in [-0.2, -0.15) is 0 Å². The van der Waals surface area contributed by atoms with E-state index in [1.807, 2.05) is 49.9 Å². The van der Waals surface area contributed by atoms with Crippen molar-refractivity contribution in [2.75, 3.05) is 4.90 Å². The molecule has 3 aromatic rings. The quantitative estimate of drug-likeness (QED) is 0.579. The lowest BCUT2D eigenvalue weighted by atomic mass is 9.87. The van der Waals surface area contributed by atoms with Gasteiger partial charge in [-0.15, -0.1) is 0 Å². The fourth-order valence-electron chi connectivity index (χ4n) is 3.38. The number of fused-ring (bicyclic) bond motifs is 2. The topological polar surface area (TPSA) is 79.0 Å². The maximum absolute atomic E-state index is 12.7. The van der Waals surface area contributed by atoms with Gasteiger partial charge in [-0.1, -0.05) is 45.0 Å². The highest BCUT2D eigenvalue weighted by Crippen LogP contribution is 2.36. The van der Waals surface area contributed by atoms with Crippen LogP contribution in [0.15, 0.2) is 36.7 Å². The predicted molar refractivity (Wildman–Crippen MR) is 99.1 cm³/mol. The molecule has 0 amide bonds. The minimum atomic E-state index is -0.512. The number of benzene rings is 1. The molecule has 0 fully saturated rings. The van der Waals surface area contributed by atoms with Crippen LogP contribution in [0.1, 0.15) is 48.3 Å². The molecule has 0 bridgehead atoms. The summed E-state index contributed by atoms with van der Waals surface area (Å²) in [4.78, 5) is 38.5. The summed E-state index contributed by atoms with van der Waals surface area (Å²) in [6.45, 7) is 6.23. The van der Waals surface area contributed by atoms with E-state index in [0.29, 0.717) is 29.1 Å². The Morgan fingerprint density at radius 1 is 1.31 bits per heavy atom. The van der Waals surface area contributed by atoms with E-state index in [-0.39, 0.29) is 5.78 Å². The van der Waals surface area contributed by atoms with Gasteiger partial charge in [0.05, 0.1) is 11.8 Å². The first-order valence-electron chi connectivity index (χ1n) is 8.59. The van der Waals surface area contributed by atoms with Gasteiger partial charge in [0.15, 0.2) is 11.4 Å². The van der Waals surface area contributed by atoms with E-state index in [1.165, 1.54) is 0 Å². The van der Waals surface area contributed by atoms with Crippen LogP contribution in [0.2, 0.25) is 0 Å². The molecule has 4 rings (SSSR count). The minimum absolute atomic E-state index is 0.00634. The lowest BCUT2D eigenvalue weighted by Crippen LogP contribution is -2.24. The van der Waals surface area contributed by atoms with Crippen molar-refractivity contribution in [2.45, 2.75) is 33.4 Å². The number of carbonyl (C=O) groups is 2. The molecule has 26 heavy (non-hydrogen) atoms. The maximum atomic E-state index is 12.7. The molecule has 6 heteroatoms. The highest BCUT2D eigenvalue weighted by atomic mass is 16.1. The van der Waals surface area contributed by atoms with Crippen molar-refractivity contribution in [3.63, 3.8) is 0 Å². The molecule has 1 aliphatic heterocycles. The van der Waals surface area contributed by atoms with Gasteiger partial charge in [0.2, 0.25) is 0 Å². The molecule has 1 N–H and O–H groups in total. The Hall–Kier alpha value is -3.02. The predicted octanol–water partition coefficient (Wildman–Crippen LogP) is 3.45. The van der Waals surface area contributed by atoms with E-state index in [9.17, 15) is 9.59 Å². The van der Waals surface area contributed by atoms with E-state index in [2.05, 4.69) is 15.0 Å². The van der Waals surface area contributed by atoms with Crippen LogP contribution in [0, 0.1) is 5.41 Å². The van der Waals surface area contributed by atoms with E-state index in [0.717, 1.165) is 17.4 Å². The largest absolute Gasteiger partial charge is 0.344 e. The monoisotopic (exact) mass is 348 g/mol. The third-order valence-electron chi connectivity index (χ3n) is 4.77. The van der Waals surface area contributed by atoms with Crippen molar-refractivity contribution in [1.29, 1.82) is 0 Å².